The lowest BCUT2D eigenvalue weighted by Gasteiger charge is -2.22. The lowest BCUT2D eigenvalue weighted by Crippen LogP contribution is -2.23. The number of aliphatic carboxylic acids is 1. The van der Waals surface area contributed by atoms with Crippen LogP contribution in [-0.4, -0.2) is 144 Å². The van der Waals surface area contributed by atoms with Crippen LogP contribution in [0.5, 0.6) is 5.75 Å². The van der Waals surface area contributed by atoms with Crippen LogP contribution in [0.2, 0.25) is 0 Å². The fourth-order valence-electron chi connectivity index (χ4n) is 11.0. The van der Waals surface area contributed by atoms with Gasteiger partial charge in [0.1, 0.15) is 60.1 Å². The number of carboxylic acids is 3. The molecule has 4 aliphatic rings. The number of fused-ring (bicyclic) bond motifs is 4. The number of carbonyl (C=O) groups is 5. The number of aromatic nitrogens is 8. The van der Waals surface area contributed by atoms with Crippen molar-refractivity contribution in [2.45, 2.75) is 46.3 Å². The molecule has 37 nitrogen and oxygen atoms in total. The second kappa shape index (κ2) is 33.9. The zero-order valence-corrected chi connectivity index (χ0v) is 60.2. The first-order chi connectivity index (χ1) is 54.3. The minimum absolute atomic E-state index is 0. The average molecular weight is 1700 g/mol. The van der Waals surface area contributed by atoms with E-state index in [0.717, 1.165) is 65.7 Å². The molecule has 117 heavy (non-hydrogen) atoms. The molecule has 0 radical (unpaired) electrons. The monoisotopic (exact) mass is 1700 g/mol. The molecule has 2 aliphatic heterocycles. The number of rotatable bonds is 16. The average Bonchev–Trinajstić information content (AvgIpc) is 0.724. The Balaban J connectivity index is 0.000000212. The lowest BCUT2D eigenvalue weighted by molar-refractivity contribution is -0.192. The fourth-order valence-corrected chi connectivity index (χ4v) is 13.9. The van der Waals surface area contributed by atoms with Gasteiger partial charge in [-0.15, -0.1) is 40.8 Å². The first-order valence-corrected chi connectivity index (χ1v) is 36.8. The van der Waals surface area contributed by atoms with Crippen molar-refractivity contribution in [2.24, 2.45) is 5.73 Å². The highest BCUT2D eigenvalue weighted by molar-refractivity contribution is 7.86. The molecule has 12 N–H and O–H groups in total. The molecule has 2 aromatic heterocycles. The number of halogens is 7. The Morgan fingerprint density at radius 1 is 0.496 bits per heavy atom. The Labute approximate surface area is 649 Å². The molecule has 0 unspecified atom stereocenters. The Bertz CT molecular complexity index is 6720. The van der Waals surface area contributed by atoms with Crippen molar-refractivity contribution >= 4 is 104 Å². The number of anilines is 2. The van der Waals surface area contributed by atoms with Crippen LogP contribution in [0.3, 0.4) is 0 Å². The van der Waals surface area contributed by atoms with E-state index in [1.165, 1.54) is 36.9 Å². The van der Waals surface area contributed by atoms with Gasteiger partial charge in [-0.25, -0.2) is 61.6 Å². The van der Waals surface area contributed by atoms with Crippen molar-refractivity contribution in [2.75, 3.05) is 11.5 Å². The molecule has 0 atom stereocenters. The van der Waals surface area contributed by atoms with Crippen LogP contribution in [0.15, 0.2) is 181 Å². The topological polar surface area (TPSA) is 651 Å². The third kappa shape index (κ3) is 18.7. The number of esters is 1. The van der Waals surface area contributed by atoms with Crippen molar-refractivity contribution in [1.82, 2.24) is 46.1 Å². The van der Waals surface area contributed by atoms with Gasteiger partial charge in [0.15, 0.2) is 47.0 Å². The number of hydrogen-bond acceptors (Lipinski definition) is 33. The van der Waals surface area contributed by atoms with E-state index in [1.54, 1.807) is 24.3 Å². The zero-order chi connectivity index (χ0) is 85.2. The summed E-state index contributed by atoms with van der Waals surface area (Å²) in [6.07, 6.45) is -2.59. The number of benzene rings is 9. The molecule has 0 saturated heterocycles. The summed E-state index contributed by atoms with van der Waals surface area (Å²) < 4.78 is 249. The number of nitrogen functional groups attached to an aromatic ring is 2. The molecule has 4 heterocycles. The van der Waals surface area contributed by atoms with Crippen molar-refractivity contribution in [3.8, 4) is 73.4 Å². The molecule has 48 heteroatoms. The van der Waals surface area contributed by atoms with Crippen LogP contribution in [0.1, 0.15) is 60.0 Å². The molecule has 13 rings (SSSR count). The van der Waals surface area contributed by atoms with Gasteiger partial charge in [-0.2, -0.15) is 22.0 Å². The van der Waals surface area contributed by atoms with E-state index in [9.17, 15) is 112 Å². The third-order valence-corrected chi connectivity index (χ3v) is 19.6. The van der Waals surface area contributed by atoms with Gasteiger partial charge in [0.25, 0.3) is 5.91 Å². The SMILES string of the molecule is C.N=c1ccc2c(-c3ccc(C(=O)NCc4ccc(-c5nncnn5)cc4)cc3C(=O)O)c3ccc(N)c(S(=O)(=O)[O-])c3oc-2c1S(=O)(=O)[O-].N=c1ccc2c(-c3ccc(C(=O)Oc4c(F)c(F)cc(F)c4F)cc3C(=O)O)c3ccc(N)c(S(=O)(=O)[O-])c3oc-2c1S(=O)(=O)[O-].NCc1ccc(-c2nncnn2)cc1.O=C(O)C(F)(F)F. The summed E-state index contributed by atoms with van der Waals surface area (Å²) in [5.74, 6) is -19.2. The molecule has 9 aromatic rings. The molecule has 0 saturated carbocycles. The third-order valence-electron chi connectivity index (χ3n) is 16.0. The maximum Gasteiger partial charge on any atom is 0.490 e. The van der Waals surface area contributed by atoms with Crippen molar-refractivity contribution in [1.29, 1.82) is 10.8 Å². The van der Waals surface area contributed by atoms with E-state index < -0.39 is 203 Å². The summed E-state index contributed by atoms with van der Waals surface area (Å²) in [5, 5.41) is 73.9. The number of nitrogens with two attached hydrogens (primary N) is 3. The van der Waals surface area contributed by atoms with Crippen LogP contribution >= 0.6 is 0 Å². The predicted octanol–water partition coefficient (Wildman–Crippen LogP) is 7.16. The van der Waals surface area contributed by atoms with Gasteiger partial charge in [0.2, 0.25) is 29.0 Å². The Kier molecular flexibility index (Phi) is 25.2. The number of nitrogens with zero attached hydrogens (tertiary/aromatic N) is 8. The summed E-state index contributed by atoms with van der Waals surface area (Å²) in [5.41, 5.74) is 13.3. The standard InChI is InChI=1S/C30H21N7O10S2.C27H14F4N2O11S2.C9H9N5.C2HF3O2.CH4/c31-21-9-7-18-23(19-8-10-22(32)27(49(44,45)46)25(19)47-24(18)26(21)48(41,42)43)17-6-5-16(11-20(17)30(39)40)29(38)33-12-14-1-3-15(4-2-14)28-36-34-13-35-37-28;28-14-8-15(29)20(31)23(19(14)30)44-27(36)9-1-2-10(13(7-9)26(34)35)18-11-3-5-16(32)24(45(37,38)39)21(11)43-22-12(18)4-6-17(33)25(22)46(40,41)42;10-5-7-1-3-8(4-2-7)9-13-11-6-12-14-9;3-2(4,5)1(6)7;/h1-11,13,31H,12,32H2,(H,33,38)(H,39,40)(H,41,42,43)(H,44,45,46);1-8,32H,33H2,(H,34,35)(H,37,38,39)(H,40,41,42);1-4,6H,5,10H2;(H,6,7);1H4/p-4. The summed E-state index contributed by atoms with van der Waals surface area (Å²) in [6.45, 7) is 0.576. The van der Waals surface area contributed by atoms with Crippen LogP contribution in [-0.2, 0) is 58.4 Å². The highest BCUT2D eigenvalue weighted by atomic mass is 32.2. The van der Waals surface area contributed by atoms with Crippen LogP contribution in [0.4, 0.5) is 42.1 Å². The van der Waals surface area contributed by atoms with Crippen LogP contribution in [0.25, 0.3) is 89.6 Å². The number of alkyl halides is 3. The van der Waals surface area contributed by atoms with E-state index in [-0.39, 0.29) is 53.1 Å². The zero-order valence-electron chi connectivity index (χ0n) is 56.9. The van der Waals surface area contributed by atoms with Gasteiger partial charge in [-0.1, -0.05) is 68.1 Å². The number of carbonyl (C=O) groups excluding carboxylic acids is 2. The highest BCUT2D eigenvalue weighted by Gasteiger charge is 2.39. The molecule has 2 aliphatic carbocycles. The second-order valence-corrected chi connectivity index (χ2v) is 28.5. The molecule has 606 valence electrons. The normalized spacial score (nSPS) is 11.6. The molecule has 0 bridgehead atoms. The molecular weight excluding hydrogens is 1650 g/mol. The molecule has 1 amide bonds. The van der Waals surface area contributed by atoms with Gasteiger partial charge < -0.3 is 69.6 Å². The van der Waals surface area contributed by atoms with E-state index in [2.05, 4.69) is 50.8 Å². The summed E-state index contributed by atoms with van der Waals surface area (Å²) in [4.78, 5) is 55.0. The van der Waals surface area contributed by atoms with Gasteiger partial charge in [0, 0.05) is 68.9 Å². The maximum absolute atomic E-state index is 14.1. The van der Waals surface area contributed by atoms with E-state index in [0.29, 0.717) is 35.4 Å². The first-order valence-electron chi connectivity index (χ1n) is 31.2. The number of hydrogen-bond donors (Lipinski definition) is 9. The van der Waals surface area contributed by atoms with Gasteiger partial charge in [0.05, 0.1) is 38.8 Å². The smallest absolute Gasteiger partial charge is 0.490 e. The number of aromatic carboxylic acids is 2. The molecule has 0 spiro atoms. The largest absolute Gasteiger partial charge is 0.744 e. The van der Waals surface area contributed by atoms with Gasteiger partial charge >= 0.3 is 30.1 Å². The van der Waals surface area contributed by atoms with Crippen molar-refractivity contribution in [3.63, 3.8) is 0 Å². The van der Waals surface area contributed by atoms with Crippen molar-refractivity contribution < 1.29 is 135 Å². The van der Waals surface area contributed by atoms with E-state index >= 15 is 0 Å². The molecule has 0 fully saturated rings. The number of amides is 1. The van der Waals surface area contributed by atoms with Crippen molar-refractivity contribution in [3.05, 3.63) is 220 Å². The van der Waals surface area contributed by atoms with Crippen LogP contribution in [0, 0.1) is 34.1 Å². The summed E-state index contributed by atoms with van der Waals surface area (Å²) >= 11 is 0. The minimum atomic E-state index is -5.56. The number of carboxylic acid groups (broad SMARTS) is 3. The summed E-state index contributed by atoms with van der Waals surface area (Å²) in [7, 11) is -21.9. The summed E-state index contributed by atoms with van der Waals surface area (Å²) in [6, 6.07) is 28.3. The Morgan fingerprint density at radius 2 is 0.855 bits per heavy atom. The first kappa shape index (κ1) is 86.8. The Hall–Kier alpha value is -14.1. The maximum atomic E-state index is 14.1. The quantitative estimate of drug-likeness (QED) is 0.00880. The highest BCUT2D eigenvalue weighted by Crippen LogP contribution is 2.48. The lowest BCUT2D eigenvalue weighted by atomic mass is 9.89. The van der Waals surface area contributed by atoms with E-state index in [1.807, 2.05) is 24.3 Å². The predicted molar refractivity (Wildman–Crippen MR) is 380 cm³/mol. The van der Waals surface area contributed by atoms with Gasteiger partial charge in [-0.3, -0.25) is 15.6 Å². The van der Waals surface area contributed by atoms with Gasteiger partial charge in [-0.05, 0) is 95.1 Å². The minimum Gasteiger partial charge on any atom is -0.744 e. The number of ether oxygens (including phenoxy) is 1. The molecule has 7 aromatic carbocycles. The number of nitrogens with one attached hydrogen (secondary N) is 3. The Morgan fingerprint density at radius 3 is 1.21 bits per heavy atom. The fraction of sp³-hybridized carbons (Fsp3) is 0.0580. The molecular formula is C69H45F7N14O23S4-4. The second-order valence-electron chi connectivity index (χ2n) is 23.3. The van der Waals surface area contributed by atoms with Crippen LogP contribution < -0.4 is 38.0 Å². The van der Waals surface area contributed by atoms with E-state index in [4.69, 9.17) is 46.8 Å².